The van der Waals surface area contributed by atoms with Crippen molar-refractivity contribution >= 4 is 38.8 Å². The lowest BCUT2D eigenvalue weighted by atomic mass is 9.87. The minimum absolute atomic E-state index is 0.633. The second-order valence-electron chi connectivity index (χ2n) is 10.9. The second-order valence-corrected chi connectivity index (χ2v) is 10.9. The Bertz CT molecular complexity index is 2140. The van der Waals surface area contributed by atoms with Crippen LogP contribution in [0, 0.1) is 0 Å². The molecule has 0 amide bonds. The van der Waals surface area contributed by atoms with E-state index in [1.807, 2.05) is 85.9 Å². The smallest absolute Gasteiger partial charge is 0.160 e. The molecule has 0 unspecified atom stereocenters. The first kappa shape index (κ1) is 27.9. The lowest BCUT2D eigenvalue weighted by Gasteiger charge is -2.17. The van der Waals surface area contributed by atoms with Crippen LogP contribution < -0.4 is 0 Å². The molecule has 0 N–H and O–H groups in total. The first-order chi connectivity index (χ1) is 22.2. The van der Waals surface area contributed by atoms with Gasteiger partial charge in [0.25, 0.3) is 0 Å². The second kappa shape index (κ2) is 12.4. The fraction of sp³-hybridized carbons (Fsp3) is 0.0238. The van der Waals surface area contributed by atoms with Gasteiger partial charge in [-0.1, -0.05) is 146 Å². The van der Waals surface area contributed by atoms with Crippen LogP contribution in [0.5, 0.6) is 0 Å². The Morgan fingerprint density at radius 3 is 1.56 bits per heavy atom. The van der Waals surface area contributed by atoms with E-state index in [9.17, 15) is 0 Å². The summed E-state index contributed by atoms with van der Waals surface area (Å²) >= 11 is 0. The van der Waals surface area contributed by atoms with E-state index in [1.54, 1.807) is 0 Å². The Labute approximate surface area is 263 Å². The maximum atomic E-state index is 5.03. The molecule has 0 saturated carbocycles. The van der Waals surface area contributed by atoms with E-state index in [-0.39, 0.29) is 0 Å². The van der Waals surface area contributed by atoms with Gasteiger partial charge in [0.05, 0.1) is 11.4 Å². The summed E-state index contributed by atoms with van der Waals surface area (Å²) in [5.74, 6) is 0.633. The number of amidine groups is 1. The fourth-order valence-electron chi connectivity index (χ4n) is 5.89. The van der Waals surface area contributed by atoms with Gasteiger partial charge >= 0.3 is 0 Å². The third-order valence-corrected chi connectivity index (χ3v) is 8.10. The Morgan fingerprint density at radius 2 is 1.00 bits per heavy atom. The van der Waals surface area contributed by atoms with Gasteiger partial charge in [-0.05, 0) is 62.9 Å². The third kappa shape index (κ3) is 5.60. The van der Waals surface area contributed by atoms with E-state index >= 15 is 0 Å². The molecule has 0 aliphatic carbocycles. The molecular weight excluding hydrogens is 546 g/mol. The van der Waals surface area contributed by atoms with Gasteiger partial charge in [-0.2, -0.15) is 0 Å². The number of hydrogen-bond acceptors (Lipinski definition) is 2. The number of fused-ring (bicyclic) bond motifs is 2. The Balaban J connectivity index is 1.32. The average Bonchev–Trinajstić information content (AvgIpc) is 3.11. The zero-order valence-electron chi connectivity index (χ0n) is 25.1. The van der Waals surface area contributed by atoms with Gasteiger partial charge in [0, 0.05) is 23.0 Å². The number of hydrogen-bond donors (Lipinski definition) is 0. The van der Waals surface area contributed by atoms with Crippen molar-refractivity contribution in [3.63, 3.8) is 0 Å². The summed E-state index contributed by atoms with van der Waals surface area (Å²) in [5, 5.41) is 4.78. The summed E-state index contributed by atoms with van der Waals surface area (Å²) in [6.07, 6.45) is 1.86. The number of nitrogens with zero attached hydrogens (tertiary/aromatic N) is 3. The van der Waals surface area contributed by atoms with Crippen molar-refractivity contribution in [2.24, 2.45) is 9.98 Å². The van der Waals surface area contributed by atoms with Crippen LogP contribution in [0.1, 0.15) is 23.6 Å². The van der Waals surface area contributed by atoms with Crippen molar-refractivity contribution in [3.05, 3.63) is 181 Å². The van der Waals surface area contributed by atoms with Crippen molar-refractivity contribution in [1.82, 2.24) is 4.98 Å². The highest BCUT2D eigenvalue weighted by Crippen LogP contribution is 2.43. The molecule has 0 saturated heterocycles. The van der Waals surface area contributed by atoms with Crippen LogP contribution in [0.4, 0.5) is 0 Å². The quantitative estimate of drug-likeness (QED) is 0.110. The van der Waals surface area contributed by atoms with E-state index < -0.39 is 0 Å². The molecule has 6 aromatic carbocycles. The summed E-state index contributed by atoms with van der Waals surface area (Å²) < 4.78 is 0. The highest BCUT2D eigenvalue weighted by molar-refractivity contribution is 6.21. The van der Waals surface area contributed by atoms with Crippen molar-refractivity contribution < 1.29 is 0 Å². The monoisotopic (exact) mass is 577 g/mol. The molecule has 7 aromatic rings. The minimum atomic E-state index is 0.633. The third-order valence-electron chi connectivity index (χ3n) is 8.10. The van der Waals surface area contributed by atoms with E-state index in [4.69, 9.17) is 15.0 Å². The molecular formula is C42H31N3. The zero-order valence-corrected chi connectivity index (χ0v) is 25.1. The van der Waals surface area contributed by atoms with Crippen molar-refractivity contribution in [3.8, 4) is 22.4 Å². The summed E-state index contributed by atoms with van der Waals surface area (Å²) in [5.41, 5.74) is 9.01. The largest absolute Gasteiger partial charge is 0.256 e. The number of pyridine rings is 1. The lowest BCUT2D eigenvalue weighted by Crippen LogP contribution is -2.04. The molecule has 1 heterocycles. The van der Waals surface area contributed by atoms with Crippen molar-refractivity contribution in [2.75, 3.05) is 0 Å². The summed E-state index contributed by atoms with van der Waals surface area (Å²) in [4.78, 5) is 14.6. The standard InChI is InChI=1S/C42H31N3/c1-29(31-15-5-3-6-16-31)44-42(34-17-7-4-8-18-34)45-30(2)32-24-26-33(27-25-32)40-35-19-9-11-21-37(35)41(39-23-13-14-28-43-39)38-22-12-10-20-36(38)40/h3-28H,1H2,2H3/b44-42-,45-30+. The SMILES string of the molecule is C=C(/N=C(\N=C(/C)c1ccc(-c2c3ccccc3c(-c3ccccn3)c3ccccc23)cc1)c1ccccc1)c1ccccc1. The van der Waals surface area contributed by atoms with Crippen LogP contribution in [0.2, 0.25) is 0 Å². The average molecular weight is 578 g/mol. The van der Waals surface area contributed by atoms with Gasteiger partial charge in [0.2, 0.25) is 0 Å². The Kier molecular flexibility index (Phi) is 7.65. The van der Waals surface area contributed by atoms with Gasteiger partial charge in [0.1, 0.15) is 0 Å². The maximum Gasteiger partial charge on any atom is 0.160 e. The predicted octanol–water partition coefficient (Wildman–Crippen LogP) is 10.6. The van der Waals surface area contributed by atoms with Crippen molar-refractivity contribution in [2.45, 2.75) is 6.92 Å². The Morgan fingerprint density at radius 1 is 0.489 bits per heavy atom. The zero-order chi connectivity index (χ0) is 30.6. The van der Waals surface area contributed by atoms with Crippen LogP contribution >= 0.6 is 0 Å². The highest BCUT2D eigenvalue weighted by Gasteiger charge is 2.17. The number of aromatic nitrogens is 1. The first-order valence-corrected chi connectivity index (χ1v) is 15.1. The first-order valence-electron chi connectivity index (χ1n) is 15.1. The Hall–Kier alpha value is -5.93. The van der Waals surface area contributed by atoms with Crippen LogP contribution in [0.25, 0.3) is 49.6 Å². The summed E-state index contributed by atoms with van der Waals surface area (Å²) in [7, 11) is 0. The summed E-state index contributed by atoms with van der Waals surface area (Å²) in [6, 6.07) is 52.1. The molecule has 0 fully saturated rings. The van der Waals surface area contributed by atoms with E-state index in [0.717, 1.165) is 39.2 Å². The molecule has 0 bridgehead atoms. The molecule has 45 heavy (non-hydrogen) atoms. The number of aliphatic imine (C=N–C) groups is 2. The van der Waals surface area contributed by atoms with E-state index in [2.05, 4.69) is 85.4 Å². The molecule has 3 nitrogen and oxygen atoms in total. The molecule has 0 radical (unpaired) electrons. The molecule has 0 atom stereocenters. The van der Waals surface area contributed by atoms with Crippen LogP contribution in [0.3, 0.4) is 0 Å². The molecule has 214 valence electrons. The lowest BCUT2D eigenvalue weighted by molar-refractivity contribution is 1.34. The maximum absolute atomic E-state index is 5.03. The topological polar surface area (TPSA) is 37.6 Å². The van der Waals surface area contributed by atoms with Gasteiger partial charge in [-0.3, -0.25) is 4.98 Å². The van der Waals surface area contributed by atoms with Crippen LogP contribution in [0.15, 0.2) is 174 Å². The molecule has 1 aromatic heterocycles. The number of benzene rings is 6. The van der Waals surface area contributed by atoms with Gasteiger partial charge in [-0.15, -0.1) is 0 Å². The molecule has 0 aliphatic rings. The minimum Gasteiger partial charge on any atom is -0.256 e. The molecule has 7 rings (SSSR count). The molecule has 0 aliphatic heterocycles. The number of rotatable bonds is 6. The normalized spacial score (nSPS) is 12.0. The highest BCUT2D eigenvalue weighted by atomic mass is 14.9. The van der Waals surface area contributed by atoms with Gasteiger partial charge in [0.15, 0.2) is 5.84 Å². The van der Waals surface area contributed by atoms with E-state index in [1.165, 1.54) is 27.1 Å². The summed E-state index contributed by atoms with van der Waals surface area (Å²) in [6.45, 7) is 6.26. The van der Waals surface area contributed by atoms with Gasteiger partial charge < -0.3 is 0 Å². The molecule has 0 spiro atoms. The van der Waals surface area contributed by atoms with E-state index in [0.29, 0.717) is 11.5 Å². The molecule has 3 heteroatoms. The van der Waals surface area contributed by atoms with Crippen LogP contribution in [-0.4, -0.2) is 16.5 Å². The fourth-order valence-corrected chi connectivity index (χ4v) is 5.89. The van der Waals surface area contributed by atoms with Gasteiger partial charge in [-0.25, -0.2) is 9.98 Å². The van der Waals surface area contributed by atoms with Crippen molar-refractivity contribution in [1.29, 1.82) is 0 Å². The predicted molar refractivity (Wildman–Crippen MR) is 191 cm³/mol. The van der Waals surface area contributed by atoms with Crippen LogP contribution in [-0.2, 0) is 0 Å².